The zero-order chi connectivity index (χ0) is 8.81. The number of hydrogen-bond acceptors (Lipinski definition) is 1. The number of hydrogen-bond donors (Lipinski definition) is 0. The standard InChI is InChI=1S/C10H14FN/c1-2-3-6-9(11)10-7-4-5-8-12-10/h4-5,7-9H,2-3,6H2,1H3. The molecule has 1 unspecified atom stereocenters. The molecule has 1 nitrogen and oxygen atoms in total. The van der Waals surface area contributed by atoms with Crippen LogP contribution in [0.5, 0.6) is 0 Å². The Kier molecular flexibility index (Phi) is 3.71. The Morgan fingerprint density at radius 2 is 2.33 bits per heavy atom. The van der Waals surface area contributed by atoms with E-state index in [1.54, 1.807) is 18.3 Å². The van der Waals surface area contributed by atoms with Gasteiger partial charge in [0.2, 0.25) is 0 Å². The molecular formula is C10H14FN. The van der Waals surface area contributed by atoms with E-state index in [0.29, 0.717) is 12.1 Å². The van der Waals surface area contributed by atoms with Gasteiger partial charge in [-0.15, -0.1) is 0 Å². The van der Waals surface area contributed by atoms with Crippen LogP contribution in [0.15, 0.2) is 24.4 Å². The summed E-state index contributed by atoms with van der Waals surface area (Å²) in [6, 6.07) is 5.36. The Hall–Kier alpha value is -0.920. The highest BCUT2D eigenvalue weighted by atomic mass is 19.1. The molecule has 66 valence electrons. The van der Waals surface area contributed by atoms with Gasteiger partial charge in [0.15, 0.2) is 0 Å². The molecule has 1 atom stereocenters. The quantitative estimate of drug-likeness (QED) is 0.670. The summed E-state index contributed by atoms with van der Waals surface area (Å²) in [5, 5.41) is 0. The van der Waals surface area contributed by atoms with E-state index >= 15 is 0 Å². The van der Waals surface area contributed by atoms with Crippen LogP contribution in [-0.2, 0) is 0 Å². The van der Waals surface area contributed by atoms with Crippen molar-refractivity contribution in [3.8, 4) is 0 Å². The van der Waals surface area contributed by atoms with Gasteiger partial charge < -0.3 is 0 Å². The van der Waals surface area contributed by atoms with Gasteiger partial charge in [-0.25, -0.2) is 4.39 Å². The van der Waals surface area contributed by atoms with E-state index in [0.717, 1.165) is 12.8 Å². The van der Waals surface area contributed by atoms with E-state index in [4.69, 9.17) is 0 Å². The molecule has 0 aliphatic rings. The Balaban J connectivity index is 2.48. The molecule has 0 aromatic carbocycles. The molecule has 0 saturated heterocycles. The van der Waals surface area contributed by atoms with E-state index in [2.05, 4.69) is 11.9 Å². The molecule has 0 radical (unpaired) electrons. The summed E-state index contributed by atoms with van der Waals surface area (Å²) in [6.07, 6.45) is 3.30. The fraction of sp³-hybridized carbons (Fsp3) is 0.500. The molecule has 0 amide bonds. The molecule has 1 aromatic heterocycles. The van der Waals surface area contributed by atoms with Gasteiger partial charge in [-0.3, -0.25) is 4.98 Å². The molecule has 1 aromatic rings. The second-order valence-electron chi connectivity index (χ2n) is 2.86. The van der Waals surface area contributed by atoms with Gasteiger partial charge in [-0.1, -0.05) is 25.8 Å². The normalized spacial score (nSPS) is 12.8. The van der Waals surface area contributed by atoms with Crippen molar-refractivity contribution >= 4 is 0 Å². The number of alkyl halides is 1. The summed E-state index contributed by atoms with van der Waals surface area (Å²) in [4.78, 5) is 3.96. The van der Waals surface area contributed by atoms with Crippen LogP contribution in [0.1, 0.15) is 38.1 Å². The summed E-state index contributed by atoms with van der Waals surface area (Å²) in [6.45, 7) is 2.06. The fourth-order valence-electron chi connectivity index (χ4n) is 1.09. The highest BCUT2D eigenvalue weighted by molar-refractivity contribution is 5.06. The molecule has 0 fully saturated rings. The first-order chi connectivity index (χ1) is 5.84. The lowest BCUT2D eigenvalue weighted by atomic mass is 10.1. The number of aromatic nitrogens is 1. The molecule has 0 aliphatic carbocycles. The molecule has 1 heterocycles. The van der Waals surface area contributed by atoms with Gasteiger partial charge in [0.25, 0.3) is 0 Å². The summed E-state index contributed by atoms with van der Waals surface area (Å²) in [7, 11) is 0. The van der Waals surface area contributed by atoms with Gasteiger partial charge in [0.05, 0.1) is 5.69 Å². The van der Waals surface area contributed by atoms with Crippen LogP contribution in [0.25, 0.3) is 0 Å². The summed E-state index contributed by atoms with van der Waals surface area (Å²) >= 11 is 0. The summed E-state index contributed by atoms with van der Waals surface area (Å²) in [5.41, 5.74) is 0.561. The molecule has 0 N–H and O–H groups in total. The lowest BCUT2D eigenvalue weighted by Crippen LogP contribution is -1.94. The number of halogens is 1. The monoisotopic (exact) mass is 167 g/mol. The number of rotatable bonds is 4. The smallest absolute Gasteiger partial charge is 0.142 e. The zero-order valence-electron chi connectivity index (χ0n) is 7.33. The fourth-order valence-corrected chi connectivity index (χ4v) is 1.09. The van der Waals surface area contributed by atoms with Crippen LogP contribution < -0.4 is 0 Å². The molecule has 0 bridgehead atoms. The van der Waals surface area contributed by atoms with Crippen LogP contribution in [0, 0.1) is 0 Å². The van der Waals surface area contributed by atoms with Gasteiger partial charge >= 0.3 is 0 Å². The maximum absolute atomic E-state index is 13.3. The largest absolute Gasteiger partial charge is 0.258 e. The molecule has 2 heteroatoms. The maximum atomic E-state index is 13.3. The van der Waals surface area contributed by atoms with Crippen molar-refractivity contribution in [3.05, 3.63) is 30.1 Å². The minimum atomic E-state index is -0.883. The van der Waals surface area contributed by atoms with Crippen LogP contribution >= 0.6 is 0 Å². The van der Waals surface area contributed by atoms with Crippen molar-refractivity contribution < 1.29 is 4.39 Å². The molecule has 0 aliphatic heterocycles. The summed E-state index contributed by atoms with van der Waals surface area (Å²) in [5.74, 6) is 0. The number of nitrogens with zero attached hydrogens (tertiary/aromatic N) is 1. The van der Waals surface area contributed by atoms with Gasteiger partial charge in [0, 0.05) is 6.20 Å². The van der Waals surface area contributed by atoms with Crippen molar-refractivity contribution in [1.29, 1.82) is 0 Å². The van der Waals surface area contributed by atoms with Crippen molar-refractivity contribution in [2.45, 2.75) is 32.4 Å². The second-order valence-corrected chi connectivity index (χ2v) is 2.86. The predicted octanol–water partition coefficient (Wildman–Crippen LogP) is 3.28. The van der Waals surface area contributed by atoms with Crippen molar-refractivity contribution in [2.75, 3.05) is 0 Å². The van der Waals surface area contributed by atoms with Crippen LogP contribution in [0.4, 0.5) is 4.39 Å². The lowest BCUT2D eigenvalue weighted by molar-refractivity contribution is 0.308. The minimum Gasteiger partial charge on any atom is -0.258 e. The Morgan fingerprint density at radius 1 is 1.50 bits per heavy atom. The Labute approximate surface area is 72.6 Å². The van der Waals surface area contributed by atoms with Gasteiger partial charge in [-0.2, -0.15) is 0 Å². The third kappa shape index (κ3) is 2.61. The number of pyridine rings is 1. The molecule has 0 spiro atoms. The minimum absolute atomic E-state index is 0.561. The highest BCUT2D eigenvalue weighted by Gasteiger charge is 2.08. The van der Waals surface area contributed by atoms with E-state index in [-0.39, 0.29) is 0 Å². The molecule has 0 saturated carbocycles. The second kappa shape index (κ2) is 4.86. The van der Waals surface area contributed by atoms with Crippen molar-refractivity contribution in [2.24, 2.45) is 0 Å². The Bertz CT molecular complexity index is 210. The van der Waals surface area contributed by atoms with Crippen LogP contribution in [0.2, 0.25) is 0 Å². The predicted molar refractivity (Wildman–Crippen MR) is 47.6 cm³/mol. The van der Waals surface area contributed by atoms with Crippen molar-refractivity contribution in [3.63, 3.8) is 0 Å². The third-order valence-corrected chi connectivity index (χ3v) is 1.82. The first-order valence-electron chi connectivity index (χ1n) is 4.39. The average Bonchev–Trinajstić information content (AvgIpc) is 2.15. The van der Waals surface area contributed by atoms with E-state index in [1.165, 1.54) is 0 Å². The molecule has 12 heavy (non-hydrogen) atoms. The maximum Gasteiger partial charge on any atom is 0.142 e. The molecular weight excluding hydrogens is 153 g/mol. The van der Waals surface area contributed by atoms with Crippen molar-refractivity contribution in [1.82, 2.24) is 4.98 Å². The lowest BCUT2D eigenvalue weighted by Gasteiger charge is -2.05. The van der Waals surface area contributed by atoms with Crippen LogP contribution in [0.3, 0.4) is 0 Å². The zero-order valence-corrected chi connectivity index (χ0v) is 7.33. The van der Waals surface area contributed by atoms with Gasteiger partial charge in [-0.05, 0) is 18.6 Å². The first kappa shape index (κ1) is 9.17. The topological polar surface area (TPSA) is 12.9 Å². The first-order valence-corrected chi connectivity index (χ1v) is 4.39. The van der Waals surface area contributed by atoms with Gasteiger partial charge in [0.1, 0.15) is 6.17 Å². The average molecular weight is 167 g/mol. The van der Waals surface area contributed by atoms with Crippen LogP contribution in [-0.4, -0.2) is 4.98 Å². The SMILES string of the molecule is CCCCC(F)c1ccccn1. The Morgan fingerprint density at radius 3 is 2.92 bits per heavy atom. The summed E-state index contributed by atoms with van der Waals surface area (Å²) < 4.78 is 13.3. The highest BCUT2D eigenvalue weighted by Crippen LogP contribution is 2.20. The van der Waals surface area contributed by atoms with E-state index in [9.17, 15) is 4.39 Å². The van der Waals surface area contributed by atoms with E-state index in [1.807, 2.05) is 6.07 Å². The number of unbranched alkanes of at least 4 members (excludes halogenated alkanes) is 1. The molecule has 1 rings (SSSR count). The third-order valence-electron chi connectivity index (χ3n) is 1.82. The van der Waals surface area contributed by atoms with E-state index < -0.39 is 6.17 Å².